The van der Waals surface area contributed by atoms with Gasteiger partial charge >= 0.3 is 0 Å². The molecule has 0 aromatic heterocycles. The van der Waals surface area contributed by atoms with Crippen molar-refractivity contribution in [3.8, 4) is 6.07 Å². The molecular weight excluding hydrogens is 260 g/mol. The van der Waals surface area contributed by atoms with Crippen LogP contribution in [-0.2, 0) is 0 Å². The quantitative estimate of drug-likeness (QED) is 0.920. The predicted molar refractivity (Wildman–Crippen MR) is 74.4 cm³/mol. The molecular formula is C15H19F2N3. The van der Waals surface area contributed by atoms with Crippen molar-refractivity contribution in [1.82, 2.24) is 4.90 Å². The third-order valence-electron chi connectivity index (χ3n) is 3.69. The van der Waals surface area contributed by atoms with E-state index in [9.17, 15) is 8.78 Å². The average Bonchev–Trinajstić information content (AvgIpc) is 2.46. The maximum atomic E-state index is 13.8. The van der Waals surface area contributed by atoms with Crippen molar-refractivity contribution in [3.63, 3.8) is 0 Å². The van der Waals surface area contributed by atoms with Gasteiger partial charge in [0, 0.05) is 19.1 Å². The van der Waals surface area contributed by atoms with Crippen LogP contribution < -0.4 is 5.32 Å². The first kappa shape index (κ1) is 14.7. The van der Waals surface area contributed by atoms with Gasteiger partial charge in [0.2, 0.25) is 0 Å². The van der Waals surface area contributed by atoms with Crippen LogP contribution in [0.2, 0.25) is 0 Å². The van der Waals surface area contributed by atoms with E-state index in [0.29, 0.717) is 0 Å². The fourth-order valence-electron chi connectivity index (χ4n) is 2.58. The Kier molecular flexibility index (Phi) is 4.91. The SMILES string of the molecule is CCCN1CCC(Nc2ccc(C#N)c(F)c2F)CC1. The molecule has 0 amide bonds. The second kappa shape index (κ2) is 6.67. The summed E-state index contributed by atoms with van der Waals surface area (Å²) >= 11 is 0. The largest absolute Gasteiger partial charge is 0.380 e. The fourth-order valence-corrected chi connectivity index (χ4v) is 2.58. The van der Waals surface area contributed by atoms with E-state index in [1.165, 1.54) is 12.1 Å². The van der Waals surface area contributed by atoms with Gasteiger partial charge in [0.25, 0.3) is 0 Å². The molecule has 0 unspecified atom stereocenters. The summed E-state index contributed by atoms with van der Waals surface area (Å²) in [6.45, 7) is 5.20. The van der Waals surface area contributed by atoms with Crippen LogP contribution >= 0.6 is 0 Å². The molecule has 20 heavy (non-hydrogen) atoms. The summed E-state index contributed by atoms with van der Waals surface area (Å²) in [4.78, 5) is 2.38. The highest BCUT2D eigenvalue weighted by molar-refractivity contribution is 5.50. The van der Waals surface area contributed by atoms with Crippen molar-refractivity contribution in [1.29, 1.82) is 5.26 Å². The summed E-state index contributed by atoms with van der Waals surface area (Å²) in [5, 5.41) is 11.7. The van der Waals surface area contributed by atoms with Gasteiger partial charge in [0.05, 0.1) is 11.3 Å². The molecule has 0 atom stereocenters. The molecule has 0 bridgehead atoms. The molecule has 0 spiro atoms. The van der Waals surface area contributed by atoms with Crippen LogP contribution in [0.4, 0.5) is 14.5 Å². The number of hydrogen-bond donors (Lipinski definition) is 1. The zero-order chi connectivity index (χ0) is 14.5. The Hall–Kier alpha value is -1.67. The van der Waals surface area contributed by atoms with Gasteiger partial charge in [-0.25, -0.2) is 8.78 Å². The van der Waals surface area contributed by atoms with Crippen LogP contribution in [0.25, 0.3) is 0 Å². The molecule has 0 radical (unpaired) electrons. The zero-order valence-electron chi connectivity index (χ0n) is 11.6. The fraction of sp³-hybridized carbons (Fsp3) is 0.533. The standard InChI is InChI=1S/C15H19F2N3/c1-2-7-20-8-5-12(6-9-20)19-13-4-3-11(10-18)14(16)15(13)17/h3-4,12,19H,2,5-9H2,1H3. The maximum Gasteiger partial charge on any atom is 0.183 e. The second-order valence-electron chi connectivity index (χ2n) is 5.16. The lowest BCUT2D eigenvalue weighted by Crippen LogP contribution is -2.39. The third kappa shape index (κ3) is 3.26. The molecule has 1 saturated heterocycles. The molecule has 108 valence electrons. The number of hydrogen-bond acceptors (Lipinski definition) is 3. The lowest BCUT2D eigenvalue weighted by atomic mass is 10.0. The highest BCUT2D eigenvalue weighted by Gasteiger charge is 2.21. The van der Waals surface area contributed by atoms with Gasteiger partial charge in [-0.1, -0.05) is 6.92 Å². The van der Waals surface area contributed by atoms with Crippen LogP contribution in [0.1, 0.15) is 31.7 Å². The average molecular weight is 279 g/mol. The van der Waals surface area contributed by atoms with E-state index in [0.717, 1.165) is 38.9 Å². The summed E-state index contributed by atoms with van der Waals surface area (Å²) in [7, 11) is 0. The maximum absolute atomic E-state index is 13.8. The van der Waals surface area contributed by atoms with Crippen LogP contribution in [0.3, 0.4) is 0 Å². The lowest BCUT2D eigenvalue weighted by molar-refractivity contribution is 0.219. The molecule has 1 N–H and O–H groups in total. The van der Waals surface area contributed by atoms with E-state index in [1.54, 1.807) is 6.07 Å². The van der Waals surface area contributed by atoms with Crippen LogP contribution in [0.5, 0.6) is 0 Å². The van der Waals surface area contributed by atoms with Crippen molar-refractivity contribution >= 4 is 5.69 Å². The van der Waals surface area contributed by atoms with Gasteiger partial charge in [0.15, 0.2) is 11.6 Å². The summed E-state index contributed by atoms with van der Waals surface area (Å²) < 4.78 is 27.3. The van der Waals surface area contributed by atoms with E-state index in [-0.39, 0.29) is 17.3 Å². The Labute approximate surface area is 118 Å². The highest BCUT2D eigenvalue weighted by atomic mass is 19.2. The number of piperidine rings is 1. The van der Waals surface area contributed by atoms with E-state index >= 15 is 0 Å². The molecule has 3 nitrogen and oxygen atoms in total. The zero-order valence-corrected chi connectivity index (χ0v) is 11.6. The van der Waals surface area contributed by atoms with Crippen molar-refractivity contribution in [2.45, 2.75) is 32.2 Å². The lowest BCUT2D eigenvalue weighted by Gasteiger charge is -2.32. The number of nitrogens with zero attached hydrogens (tertiary/aromatic N) is 2. The minimum absolute atomic E-state index is 0.149. The first-order valence-electron chi connectivity index (χ1n) is 7.02. The molecule has 0 aliphatic carbocycles. The van der Waals surface area contributed by atoms with Gasteiger partial charge in [0.1, 0.15) is 6.07 Å². The van der Waals surface area contributed by atoms with Crippen molar-refractivity contribution < 1.29 is 8.78 Å². The Balaban J connectivity index is 1.98. The molecule has 1 fully saturated rings. The van der Waals surface area contributed by atoms with Gasteiger partial charge in [-0.2, -0.15) is 5.26 Å². The van der Waals surface area contributed by atoms with Gasteiger partial charge in [-0.05, 0) is 37.9 Å². The first-order valence-corrected chi connectivity index (χ1v) is 7.02. The Morgan fingerprint density at radius 1 is 1.30 bits per heavy atom. The number of rotatable bonds is 4. The van der Waals surface area contributed by atoms with Crippen molar-refractivity contribution in [2.24, 2.45) is 0 Å². The van der Waals surface area contributed by atoms with Crippen LogP contribution in [-0.4, -0.2) is 30.6 Å². The number of nitrogens with one attached hydrogen (secondary N) is 1. The summed E-state index contributed by atoms with van der Waals surface area (Å²) in [6, 6.07) is 4.55. The molecule has 2 rings (SSSR count). The molecule has 1 aromatic rings. The Morgan fingerprint density at radius 3 is 2.60 bits per heavy atom. The normalized spacial score (nSPS) is 16.9. The van der Waals surface area contributed by atoms with Gasteiger partial charge in [-0.3, -0.25) is 0 Å². The number of halogens is 2. The predicted octanol–water partition coefficient (Wildman–Crippen LogP) is 3.12. The van der Waals surface area contributed by atoms with Crippen LogP contribution in [0, 0.1) is 23.0 Å². The smallest absolute Gasteiger partial charge is 0.183 e. The van der Waals surface area contributed by atoms with Gasteiger partial charge in [-0.15, -0.1) is 0 Å². The minimum atomic E-state index is -1.07. The monoisotopic (exact) mass is 279 g/mol. The number of likely N-dealkylation sites (tertiary alicyclic amines) is 1. The van der Waals surface area contributed by atoms with Crippen molar-refractivity contribution in [3.05, 3.63) is 29.3 Å². The van der Waals surface area contributed by atoms with Crippen molar-refractivity contribution in [2.75, 3.05) is 25.0 Å². The van der Waals surface area contributed by atoms with E-state index in [2.05, 4.69) is 17.1 Å². The van der Waals surface area contributed by atoms with Crippen LogP contribution in [0.15, 0.2) is 12.1 Å². The Bertz CT molecular complexity index is 503. The second-order valence-corrected chi connectivity index (χ2v) is 5.16. The number of benzene rings is 1. The number of anilines is 1. The summed E-state index contributed by atoms with van der Waals surface area (Å²) in [6.07, 6.45) is 2.97. The summed E-state index contributed by atoms with van der Waals surface area (Å²) in [5.41, 5.74) is -0.110. The van der Waals surface area contributed by atoms with E-state index in [4.69, 9.17) is 5.26 Å². The van der Waals surface area contributed by atoms with E-state index < -0.39 is 11.6 Å². The van der Waals surface area contributed by atoms with Gasteiger partial charge < -0.3 is 10.2 Å². The van der Waals surface area contributed by atoms with E-state index in [1.807, 2.05) is 0 Å². The molecule has 0 saturated carbocycles. The Morgan fingerprint density at radius 2 is 2.00 bits per heavy atom. The minimum Gasteiger partial charge on any atom is -0.380 e. The number of nitriles is 1. The highest BCUT2D eigenvalue weighted by Crippen LogP contribution is 2.23. The molecule has 1 aromatic carbocycles. The molecule has 5 heteroatoms. The molecule has 1 aliphatic heterocycles. The summed E-state index contributed by atoms with van der Waals surface area (Å²) in [5.74, 6) is -2.03. The topological polar surface area (TPSA) is 39.1 Å². The molecule has 1 heterocycles. The molecule has 1 aliphatic rings. The first-order chi connectivity index (χ1) is 9.65. The third-order valence-corrected chi connectivity index (χ3v) is 3.69.